The molecular weight excluding hydrogens is 228 g/mol. The van der Waals surface area contributed by atoms with Crippen LogP contribution in [-0.2, 0) is 4.74 Å². The third-order valence-corrected chi connectivity index (χ3v) is 3.40. The number of nitrogens with one attached hydrogen (secondary N) is 1. The lowest BCUT2D eigenvalue weighted by atomic mass is 10.1. The molecule has 0 atom stereocenters. The van der Waals surface area contributed by atoms with Gasteiger partial charge in [0.05, 0.1) is 13.2 Å². The molecule has 94 valence electrons. The Hall–Kier alpha value is -1.81. The summed E-state index contributed by atoms with van der Waals surface area (Å²) in [6.45, 7) is 5.46. The zero-order valence-corrected chi connectivity index (χ0v) is 10.4. The summed E-state index contributed by atoms with van der Waals surface area (Å²) in [6, 6.07) is 7.56. The zero-order valence-electron chi connectivity index (χ0n) is 10.4. The third-order valence-electron chi connectivity index (χ3n) is 3.40. The summed E-state index contributed by atoms with van der Waals surface area (Å²) >= 11 is 0. The number of nitrogens with zero attached hydrogens (tertiary/aromatic N) is 1. The molecule has 4 heteroatoms. The number of anilines is 1. The molecule has 0 saturated carbocycles. The first-order valence-electron chi connectivity index (χ1n) is 6.22. The molecule has 2 heterocycles. The molecule has 1 saturated heterocycles. The Morgan fingerprint density at radius 2 is 2.00 bits per heavy atom. The van der Waals surface area contributed by atoms with Gasteiger partial charge in [0.1, 0.15) is 24.4 Å². The van der Waals surface area contributed by atoms with Gasteiger partial charge in [0, 0.05) is 11.5 Å². The SMILES string of the molecule is Cc1cc(N2CCOCC2)[nH+]c2ccc(O)cc12. The van der Waals surface area contributed by atoms with E-state index in [-0.39, 0.29) is 0 Å². The second-order valence-electron chi connectivity index (χ2n) is 4.67. The summed E-state index contributed by atoms with van der Waals surface area (Å²) in [7, 11) is 0. The average molecular weight is 245 g/mol. The van der Waals surface area contributed by atoms with Gasteiger partial charge in [-0.15, -0.1) is 0 Å². The lowest BCUT2D eigenvalue weighted by molar-refractivity contribution is -0.331. The van der Waals surface area contributed by atoms with Gasteiger partial charge in [-0.1, -0.05) is 0 Å². The number of aromatic nitrogens is 1. The Labute approximate surface area is 106 Å². The van der Waals surface area contributed by atoms with Gasteiger partial charge in [0.15, 0.2) is 0 Å². The molecule has 1 aromatic carbocycles. The number of pyridine rings is 1. The number of phenolic OH excluding ortho intramolecular Hbond substituents is 1. The molecule has 1 aromatic heterocycles. The number of rotatable bonds is 1. The van der Waals surface area contributed by atoms with Crippen LogP contribution in [0.15, 0.2) is 24.3 Å². The molecule has 0 aliphatic carbocycles. The summed E-state index contributed by atoms with van der Waals surface area (Å²) < 4.78 is 5.37. The summed E-state index contributed by atoms with van der Waals surface area (Å²) in [4.78, 5) is 5.72. The van der Waals surface area contributed by atoms with Crippen molar-refractivity contribution in [3.05, 3.63) is 29.8 Å². The zero-order chi connectivity index (χ0) is 12.5. The van der Waals surface area contributed by atoms with Crippen LogP contribution in [0.1, 0.15) is 5.56 Å². The molecule has 2 N–H and O–H groups in total. The Bertz CT molecular complexity index is 577. The highest BCUT2D eigenvalue weighted by Crippen LogP contribution is 2.23. The standard InChI is InChI=1S/C14H16N2O2/c1-10-8-14(16-4-6-18-7-5-16)15-13-3-2-11(17)9-12(10)13/h2-3,8-9,17H,4-7H2,1H3/p+1. The quantitative estimate of drug-likeness (QED) is 0.828. The fourth-order valence-electron chi connectivity index (χ4n) is 2.40. The van der Waals surface area contributed by atoms with Crippen molar-refractivity contribution in [3.8, 4) is 5.75 Å². The van der Waals surface area contributed by atoms with E-state index in [0.717, 1.165) is 43.0 Å². The maximum absolute atomic E-state index is 9.53. The lowest BCUT2D eigenvalue weighted by Gasteiger charge is -2.21. The number of aromatic amines is 1. The van der Waals surface area contributed by atoms with E-state index in [1.807, 2.05) is 6.07 Å². The highest BCUT2D eigenvalue weighted by atomic mass is 16.5. The Morgan fingerprint density at radius 3 is 2.78 bits per heavy atom. The van der Waals surface area contributed by atoms with Crippen LogP contribution in [-0.4, -0.2) is 31.4 Å². The summed E-state index contributed by atoms with van der Waals surface area (Å²) in [6.07, 6.45) is 0. The normalized spacial score (nSPS) is 16.2. The fourth-order valence-corrected chi connectivity index (χ4v) is 2.40. The predicted octanol–water partition coefficient (Wildman–Crippen LogP) is 1.50. The second kappa shape index (κ2) is 4.46. The minimum absolute atomic E-state index is 0.304. The van der Waals surface area contributed by atoms with Crippen molar-refractivity contribution >= 4 is 16.7 Å². The van der Waals surface area contributed by atoms with Crippen LogP contribution in [0.5, 0.6) is 5.75 Å². The predicted molar refractivity (Wildman–Crippen MR) is 69.9 cm³/mol. The fraction of sp³-hybridized carbons (Fsp3) is 0.357. The third kappa shape index (κ3) is 1.99. The van der Waals surface area contributed by atoms with Crippen molar-refractivity contribution in [2.75, 3.05) is 31.2 Å². The molecular formula is C14H17N2O2+. The van der Waals surface area contributed by atoms with E-state index in [1.54, 1.807) is 12.1 Å². The topological polar surface area (TPSA) is 46.8 Å². The lowest BCUT2D eigenvalue weighted by Crippen LogP contribution is -2.39. The van der Waals surface area contributed by atoms with E-state index >= 15 is 0 Å². The van der Waals surface area contributed by atoms with Crippen LogP contribution in [0.25, 0.3) is 10.9 Å². The molecule has 0 amide bonds. The molecule has 4 nitrogen and oxygen atoms in total. The number of morpholine rings is 1. The number of aromatic hydroxyl groups is 1. The van der Waals surface area contributed by atoms with Crippen molar-refractivity contribution in [2.45, 2.75) is 6.92 Å². The van der Waals surface area contributed by atoms with Crippen LogP contribution >= 0.6 is 0 Å². The van der Waals surface area contributed by atoms with Gasteiger partial charge >= 0.3 is 0 Å². The van der Waals surface area contributed by atoms with Crippen LogP contribution < -0.4 is 9.88 Å². The van der Waals surface area contributed by atoms with Crippen molar-refractivity contribution < 1.29 is 14.8 Å². The van der Waals surface area contributed by atoms with E-state index < -0.39 is 0 Å². The molecule has 18 heavy (non-hydrogen) atoms. The number of H-pyrrole nitrogens is 1. The number of phenols is 1. The molecule has 1 aliphatic rings. The van der Waals surface area contributed by atoms with Gasteiger partial charge < -0.3 is 9.84 Å². The summed E-state index contributed by atoms with van der Waals surface area (Å²) in [5, 5.41) is 10.6. The number of ether oxygens (including phenoxy) is 1. The minimum atomic E-state index is 0.304. The average Bonchev–Trinajstić information content (AvgIpc) is 2.40. The first kappa shape index (κ1) is 11.3. The molecule has 2 aromatic rings. The Balaban J connectivity index is 2.06. The van der Waals surface area contributed by atoms with E-state index in [1.165, 1.54) is 5.56 Å². The molecule has 0 radical (unpaired) electrons. The smallest absolute Gasteiger partial charge is 0.275 e. The molecule has 0 unspecified atom stereocenters. The van der Waals surface area contributed by atoms with E-state index in [9.17, 15) is 5.11 Å². The Morgan fingerprint density at radius 1 is 1.22 bits per heavy atom. The largest absolute Gasteiger partial charge is 0.508 e. The van der Waals surface area contributed by atoms with Gasteiger partial charge in [-0.25, -0.2) is 4.98 Å². The first-order chi connectivity index (χ1) is 8.74. The van der Waals surface area contributed by atoms with Crippen molar-refractivity contribution in [1.82, 2.24) is 0 Å². The van der Waals surface area contributed by atoms with E-state index in [2.05, 4.69) is 22.9 Å². The van der Waals surface area contributed by atoms with Crippen LogP contribution in [0.2, 0.25) is 0 Å². The maximum Gasteiger partial charge on any atom is 0.275 e. The van der Waals surface area contributed by atoms with Gasteiger partial charge in [0.25, 0.3) is 5.82 Å². The van der Waals surface area contributed by atoms with Gasteiger partial charge in [-0.3, -0.25) is 4.90 Å². The minimum Gasteiger partial charge on any atom is -0.508 e. The number of benzene rings is 1. The molecule has 1 aliphatic heterocycles. The van der Waals surface area contributed by atoms with E-state index in [0.29, 0.717) is 5.75 Å². The summed E-state index contributed by atoms with van der Waals surface area (Å²) in [5.74, 6) is 1.42. The van der Waals surface area contributed by atoms with Gasteiger partial charge in [0.2, 0.25) is 0 Å². The molecule has 0 spiro atoms. The van der Waals surface area contributed by atoms with Gasteiger partial charge in [-0.2, -0.15) is 0 Å². The van der Waals surface area contributed by atoms with Crippen molar-refractivity contribution in [1.29, 1.82) is 0 Å². The Kier molecular flexibility index (Phi) is 2.80. The van der Waals surface area contributed by atoms with E-state index in [4.69, 9.17) is 4.74 Å². The van der Waals surface area contributed by atoms with Crippen LogP contribution in [0.3, 0.4) is 0 Å². The number of hydrogen-bond donors (Lipinski definition) is 1. The monoisotopic (exact) mass is 245 g/mol. The van der Waals surface area contributed by atoms with Gasteiger partial charge in [-0.05, 0) is 30.7 Å². The summed E-state index contributed by atoms with van der Waals surface area (Å²) in [5.41, 5.74) is 2.22. The number of fused-ring (bicyclic) bond motifs is 1. The highest BCUT2D eigenvalue weighted by molar-refractivity contribution is 5.81. The highest BCUT2D eigenvalue weighted by Gasteiger charge is 2.20. The number of aryl methyl sites for hydroxylation is 1. The first-order valence-corrected chi connectivity index (χ1v) is 6.22. The maximum atomic E-state index is 9.53. The number of hydrogen-bond acceptors (Lipinski definition) is 3. The van der Waals surface area contributed by atoms with Crippen LogP contribution in [0, 0.1) is 6.92 Å². The molecule has 0 bridgehead atoms. The second-order valence-corrected chi connectivity index (χ2v) is 4.67. The molecule has 3 rings (SSSR count). The van der Waals surface area contributed by atoms with Crippen molar-refractivity contribution in [2.24, 2.45) is 0 Å². The van der Waals surface area contributed by atoms with Crippen molar-refractivity contribution in [3.63, 3.8) is 0 Å². The van der Waals surface area contributed by atoms with Crippen LogP contribution in [0.4, 0.5) is 5.82 Å². The molecule has 1 fully saturated rings.